The average Bonchev–Trinajstić information content (AvgIpc) is 2.67. The van der Waals surface area contributed by atoms with Crippen LogP contribution in [0.3, 0.4) is 0 Å². The standard InChI is InChI=1S/C10H17N3O2/c1-8(3-2-6-14)12-10(15)7-9-4-5-11-13-9/h4-5,8,14H,2-3,6-7H2,1H3,(H,11,13)(H,12,15). The van der Waals surface area contributed by atoms with Crippen molar-refractivity contribution in [3.05, 3.63) is 18.0 Å². The molecule has 0 bridgehead atoms. The molecule has 84 valence electrons. The van der Waals surface area contributed by atoms with Gasteiger partial charge in [0.15, 0.2) is 0 Å². The van der Waals surface area contributed by atoms with E-state index in [2.05, 4.69) is 15.5 Å². The fourth-order valence-electron chi connectivity index (χ4n) is 1.35. The molecule has 1 rings (SSSR count). The summed E-state index contributed by atoms with van der Waals surface area (Å²) in [6.45, 7) is 2.10. The van der Waals surface area contributed by atoms with Crippen molar-refractivity contribution >= 4 is 5.91 Å². The summed E-state index contributed by atoms with van der Waals surface area (Å²) in [5.74, 6) is -0.0234. The summed E-state index contributed by atoms with van der Waals surface area (Å²) < 4.78 is 0. The van der Waals surface area contributed by atoms with E-state index in [1.807, 2.05) is 6.92 Å². The van der Waals surface area contributed by atoms with Crippen LogP contribution in [0.5, 0.6) is 0 Å². The molecular formula is C10H17N3O2. The molecule has 0 aliphatic rings. The van der Waals surface area contributed by atoms with E-state index in [0.717, 1.165) is 12.1 Å². The monoisotopic (exact) mass is 211 g/mol. The lowest BCUT2D eigenvalue weighted by Crippen LogP contribution is -2.33. The second-order valence-corrected chi connectivity index (χ2v) is 3.59. The molecule has 3 N–H and O–H groups in total. The van der Waals surface area contributed by atoms with Crippen LogP contribution in [0.4, 0.5) is 0 Å². The van der Waals surface area contributed by atoms with Crippen LogP contribution in [0.15, 0.2) is 12.3 Å². The van der Waals surface area contributed by atoms with Crippen molar-refractivity contribution < 1.29 is 9.90 Å². The molecule has 1 unspecified atom stereocenters. The van der Waals surface area contributed by atoms with Crippen molar-refractivity contribution in [3.63, 3.8) is 0 Å². The highest BCUT2D eigenvalue weighted by Gasteiger charge is 2.08. The van der Waals surface area contributed by atoms with Crippen LogP contribution in [0.25, 0.3) is 0 Å². The van der Waals surface area contributed by atoms with Gasteiger partial charge in [0.05, 0.1) is 6.42 Å². The van der Waals surface area contributed by atoms with Crippen LogP contribution >= 0.6 is 0 Å². The third-order valence-corrected chi connectivity index (χ3v) is 2.11. The first kappa shape index (κ1) is 11.7. The highest BCUT2D eigenvalue weighted by Crippen LogP contribution is 1.97. The van der Waals surface area contributed by atoms with E-state index < -0.39 is 0 Å². The molecular weight excluding hydrogens is 194 g/mol. The summed E-state index contributed by atoms with van der Waals surface area (Å²) >= 11 is 0. The van der Waals surface area contributed by atoms with Gasteiger partial charge in [0.1, 0.15) is 0 Å². The molecule has 5 nitrogen and oxygen atoms in total. The quantitative estimate of drug-likeness (QED) is 0.630. The predicted molar refractivity (Wildman–Crippen MR) is 56.2 cm³/mol. The predicted octanol–water partition coefficient (Wildman–Crippen LogP) is 0.229. The van der Waals surface area contributed by atoms with E-state index in [1.165, 1.54) is 0 Å². The summed E-state index contributed by atoms with van der Waals surface area (Å²) in [7, 11) is 0. The van der Waals surface area contributed by atoms with Crippen LogP contribution in [0.1, 0.15) is 25.5 Å². The number of hydrogen-bond acceptors (Lipinski definition) is 3. The van der Waals surface area contributed by atoms with E-state index in [4.69, 9.17) is 5.11 Å². The summed E-state index contributed by atoms with van der Waals surface area (Å²) in [5, 5.41) is 18.0. The Morgan fingerprint density at radius 3 is 3.13 bits per heavy atom. The Labute approximate surface area is 88.9 Å². The fourth-order valence-corrected chi connectivity index (χ4v) is 1.35. The van der Waals surface area contributed by atoms with Crippen molar-refractivity contribution in [1.29, 1.82) is 0 Å². The number of nitrogens with one attached hydrogen (secondary N) is 2. The molecule has 0 saturated carbocycles. The number of aliphatic hydroxyl groups is 1. The SMILES string of the molecule is CC(CCCO)NC(=O)Cc1ccn[nH]1. The van der Waals surface area contributed by atoms with E-state index in [1.54, 1.807) is 12.3 Å². The number of amides is 1. The minimum atomic E-state index is -0.0234. The highest BCUT2D eigenvalue weighted by molar-refractivity contribution is 5.78. The maximum atomic E-state index is 11.5. The number of H-pyrrole nitrogens is 1. The molecule has 1 aromatic heterocycles. The number of carbonyl (C=O) groups excluding carboxylic acids is 1. The summed E-state index contributed by atoms with van der Waals surface area (Å²) in [6, 6.07) is 1.88. The van der Waals surface area contributed by atoms with Gasteiger partial charge >= 0.3 is 0 Å². The molecule has 15 heavy (non-hydrogen) atoms. The van der Waals surface area contributed by atoms with Gasteiger partial charge in [-0.25, -0.2) is 0 Å². The Balaban J connectivity index is 2.23. The smallest absolute Gasteiger partial charge is 0.226 e. The van der Waals surface area contributed by atoms with Crippen LogP contribution in [-0.2, 0) is 11.2 Å². The third-order valence-electron chi connectivity index (χ3n) is 2.11. The minimum absolute atomic E-state index is 0.0234. The van der Waals surface area contributed by atoms with E-state index >= 15 is 0 Å². The van der Waals surface area contributed by atoms with Gasteiger partial charge in [0.2, 0.25) is 5.91 Å². The van der Waals surface area contributed by atoms with Crippen molar-refractivity contribution in [3.8, 4) is 0 Å². The summed E-state index contributed by atoms with van der Waals surface area (Å²) in [4.78, 5) is 11.5. The van der Waals surface area contributed by atoms with Gasteiger partial charge in [-0.05, 0) is 25.8 Å². The largest absolute Gasteiger partial charge is 0.396 e. The molecule has 5 heteroatoms. The molecule has 0 saturated heterocycles. The number of aliphatic hydroxyl groups excluding tert-OH is 1. The summed E-state index contributed by atoms with van der Waals surface area (Å²) in [5.41, 5.74) is 0.807. The van der Waals surface area contributed by atoms with Gasteiger partial charge in [-0.2, -0.15) is 5.10 Å². The van der Waals surface area contributed by atoms with E-state index in [9.17, 15) is 4.79 Å². The number of hydrogen-bond donors (Lipinski definition) is 3. The van der Waals surface area contributed by atoms with Crippen molar-refractivity contribution in [2.24, 2.45) is 0 Å². The average molecular weight is 211 g/mol. The van der Waals surface area contributed by atoms with Gasteiger partial charge in [-0.1, -0.05) is 0 Å². The lowest BCUT2D eigenvalue weighted by molar-refractivity contribution is -0.121. The second kappa shape index (κ2) is 6.19. The molecule has 0 fully saturated rings. The number of nitrogens with zero attached hydrogens (tertiary/aromatic N) is 1. The zero-order valence-electron chi connectivity index (χ0n) is 8.86. The van der Waals surface area contributed by atoms with Gasteiger partial charge in [-0.3, -0.25) is 9.89 Å². The highest BCUT2D eigenvalue weighted by atomic mass is 16.2. The van der Waals surface area contributed by atoms with Crippen molar-refractivity contribution in [2.75, 3.05) is 6.61 Å². The molecule has 0 aliphatic carbocycles. The van der Waals surface area contributed by atoms with Crippen molar-refractivity contribution in [1.82, 2.24) is 15.5 Å². The molecule has 0 radical (unpaired) electrons. The zero-order chi connectivity index (χ0) is 11.1. The van der Waals surface area contributed by atoms with Crippen molar-refractivity contribution in [2.45, 2.75) is 32.2 Å². The number of carbonyl (C=O) groups is 1. The van der Waals surface area contributed by atoms with Crippen LogP contribution in [0.2, 0.25) is 0 Å². The second-order valence-electron chi connectivity index (χ2n) is 3.59. The van der Waals surface area contributed by atoms with E-state index in [0.29, 0.717) is 12.8 Å². The van der Waals surface area contributed by atoms with Crippen LogP contribution < -0.4 is 5.32 Å². The molecule has 1 atom stereocenters. The minimum Gasteiger partial charge on any atom is -0.396 e. The lowest BCUT2D eigenvalue weighted by atomic mass is 10.2. The number of aromatic nitrogens is 2. The first-order chi connectivity index (χ1) is 7.22. The Morgan fingerprint density at radius 1 is 1.73 bits per heavy atom. The first-order valence-electron chi connectivity index (χ1n) is 5.11. The third kappa shape index (κ3) is 4.60. The van der Waals surface area contributed by atoms with E-state index in [-0.39, 0.29) is 18.6 Å². The Morgan fingerprint density at radius 2 is 2.53 bits per heavy atom. The Hall–Kier alpha value is -1.36. The van der Waals surface area contributed by atoms with Gasteiger partial charge in [-0.15, -0.1) is 0 Å². The van der Waals surface area contributed by atoms with Crippen LogP contribution in [-0.4, -0.2) is 33.9 Å². The van der Waals surface area contributed by atoms with Gasteiger partial charge in [0.25, 0.3) is 0 Å². The molecule has 0 aromatic carbocycles. The molecule has 0 aliphatic heterocycles. The maximum absolute atomic E-state index is 11.5. The zero-order valence-corrected chi connectivity index (χ0v) is 8.86. The van der Waals surface area contributed by atoms with Crippen LogP contribution in [0, 0.1) is 0 Å². The first-order valence-corrected chi connectivity index (χ1v) is 5.11. The molecule has 1 aromatic rings. The molecule has 1 amide bonds. The molecule has 1 heterocycles. The fraction of sp³-hybridized carbons (Fsp3) is 0.600. The normalized spacial score (nSPS) is 12.4. The summed E-state index contributed by atoms with van der Waals surface area (Å²) in [6.07, 6.45) is 3.46. The maximum Gasteiger partial charge on any atom is 0.226 e. The topological polar surface area (TPSA) is 78.0 Å². The Bertz CT molecular complexity index is 285. The number of aromatic amines is 1. The Kier molecular flexibility index (Phi) is 4.83. The van der Waals surface area contributed by atoms with Gasteiger partial charge < -0.3 is 10.4 Å². The van der Waals surface area contributed by atoms with Gasteiger partial charge in [0, 0.05) is 24.5 Å². The molecule has 0 spiro atoms. The number of rotatable bonds is 6. The lowest BCUT2D eigenvalue weighted by Gasteiger charge is -2.12.